The molecule has 0 amide bonds. The lowest BCUT2D eigenvalue weighted by Crippen LogP contribution is -2.31. The summed E-state index contributed by atoms with van der Waals surface area (Å²) in [6.45, 7) is 4.67. The SMILES string of the molecule is CC1(C)c2cc(-c3ccccc3)ccc2N(c2nc3c4c(nc(-n5c6ccccc6c6ccccc65)nc4n2)-c2ccccc2-3)c2ccc(-c3ccccc3)cc21. The first kappa shape index (κ1) is 31.9. The van der Waals surface area contributed by atoms with Crippen LogP contribution in [-0.4, -0.2) is 24.5 Å². The summed E-state index contributed by atoms with van der Waals surface area (Å²) in [5.41, 5.74) is 15.4. The zero-order valence-electron chi connectivity index (χ0n) is 31.3. The molecule has 0 fully saturated rings. The highest BCUT2D eigenvalue weighted by Crippen LogP contribution is 2.54. The highest BCUT2D eigenvalue weighted by Gasteiger charge is 2.39. The summed E-state index contributed by atoms with van der Waals surface area (Å²) in [5, 5.41) is 3.19. The molecule has 0 bridgehead atoms. The quantitative estimate of drug-likeness (QED) is 0.180. The van der Waals surface area contributed by atoms with Gasteiger partial charge in [0, 0.05) is 27.3 Å². The number of rotatable bonds is 4. The zero-order valence-corrected chi connectivity index (χ0v) is 31.3. The van der Waals surface area contributed by atoms with Gasteiger partial charge in [-0.05, 0) is 69.8 Å². The fraction of sp³-hybridized carbons (Fsp3) is 0.0588. The van der Waals surface area contributed by atoms with Gasteiger partial charge < -0.3 is 0 Å². The average Bonchev–Trinajstić information content (AvgIpc) is 3.77. The van der Waals surface area contributed by atoms with Gasteiger partial charge in [0.05, 0.1) is 39.2 Å². The first-order valence-corrected chi connectivity index (χ1v) is 19.4. The second-order valence-corrected chi connectivity index (χ2v) is 15.5. The van der Waals surface area contributed by atoms with Gasteiger partial charge in [0.2, 0.25) is 11.9 Å². The van der Waals surface area contributed by atoms with Gasteiger partial charge in [0.25, 0.3) is 0 Å². The standard InChI is InChI=1S/C51H34N6/c1-51(2)39-29-33(31-15-5-3-6-16-31)25-27-43(39)57(44-28-26-34(30-40(44)51)32-17-7-4-8-18-32)50-53-47-38-22-10-9-21-37(38)46-45(47)48(55-50)54-49(52-46)56-41-23-13-11-19-35(41)36-20-12-14-24-42(36)56/h3-30H,1-2H3. The van der Waals surface area contributed by atoms with E-state index in [0.29, 0.717) is 17.5 Å². The molecular formula is C51H34N6. The van der Waals surface area contributed by atoms with Crippen molar-refractivity contribution in [1.82, 2.24) is 24.5 Å². The van der Waals surface area contributed by atoms with E-state index < -0.39 is 0 Å². The highest BCUT2D eigenvalue weighted by molar-refractivity contribution is 6.12. The Kier molecular flexibility index (Phi) is 6.59. The topological polar surface area (TPSA) is 59.7 Å². The van der Waals surface area contributed by atoms with Crippen molar-refractivity contribution in [2.24, 2.45) is 0 Å². The Balaban J connectivity index is 1.14. The third-order valence-corrected chi connectivity index (χ3v) is 12.0. The predicted molar refractivity (Wildman–Crippen MR) is 232 cm³/mol. The minimum absolute atomic E-state index is 0.337. The molecule has 3 aromatic heterocycles. The normalized spacial score (nSPS) is 13.5. The molecule has 12 rings (SSSR count). The van der Waals surface area contributed by atoms with Gasteiger partial charge in [0.1, 0.15) is 0 Å². The van der Waals surface area contributed by atoms with E-state index in [-0.39, 0.29) is 5.41 Å². The lowest BCUT2D eigenvalue weighted by atomic mass is 9.72. The van der Waals surface area contributed by atoms with Crippen molar-refractivity contribution >= 4 is 50.2 Å². The molecule has 0 radical (unpaired) electrons. The number of fused-ring (bicyclic) bond motifs is 8. The van der Waals surface area contributed by atoms with E-state index in [1.54, 1.807) is 0 Å². The predicted octanol–water partition coefficient (Wildman–Crippen LogP) is 12.6. The van der Waals surface area contributed by atoms with Gasteiger partial charge in [0.15, 0.2) is 5.65 Å². The Hall–Kier alpha value is -7.44. The van der Waals surface area contributed by atoms with Gasteiger partial charge in [-0.15, -0.1) is 0 Å². The van der Waals surface area contributed by atoms with Crippen LogP contribution in [0.25, 0.3) is 83.6 Å². The van der Waals surface area contributed by atoms with Gasteiger partial charge in [-0.3, -0.25) is 9.47 Å². The Labute approximate surface area is 329 Å². The molecule has 6 heteroatoms. The fourth-order valence-corrected chi connectivity index (χ4v) is 9.21. The van der Waals surface area contributed by atoms with Crippen LogP contribution < -0.4 is 4.90 Å². The summed E-state index contributed by atoms with van der Waals surface area (Å²) in [6.07, 6.45) is 0. The second kappa shape index (κ2) is 11.8. The first-order valence-electron chi connectivity index (χ1n) is 19.4. The number of hydrogen-bond acceptors (Lipinski definition) is 5. The third-order valence-electron chi connectivity index (χ3n) is 12.0. The highest BCUT2D eigenvalue weighted by atomic mass is 15.3. The van der Waals surface area contributed by atoms with Crippen LogP contribution in [0.2, 0.25) is 0 Å². The van der Waals surface area contributed by atoms with Crippen LogP contribution >= 0.6 is 0 Å². The molecule has 268 valence electrons. The lowest BCUT2D eigenvalue weighted by Gasteiger charge is -2.41. The van der Waals surface area contributed by atoms with E-state index in [0.717, 1.165) is 61.1 Å². The molecule has 0 unspecified atom stereocenters. The summed E-state index contributed by atoms with van der Waals surface area (Å²) < 4.78 is 2.17. The van der Waals surface area contributed by atoms with E-state index in [2.05, 4.69) is 193 Å². The number of anilines is 3. The Morgan fingerprint density at radius 1 is 0.421 bits per heavy atom. The minimum atomic E-state index is -0.337. The molecule has 6 nitrogen and oxygen atoms in total. The van der Waals surface area contributed by atoms with Crippen LogP contribution in [0.1, 0.15) is 25.0 Å². The molecule has 1 aliphatic carbocycles. The monoisotopic (exact) mass is 730 g/mol. The smallest absolute Gasteiger partial charge is 0.237 e. The van der Waals surface area contributed by atoms with Crippen LogP contribution in [-0.2, 0) is 5.41 Å². The van der Waals surface area contributed by atoms with Crippen LogP contribution in [0.15, 0.2) is 170 Å². The van der Waals surface area contributed by atoms with Gasteiger partial charge in [-0.25, -0.2) is 9.97 Å². The van der Waals surface area contributed by atoms with Crippen LogP contribution in [0, 0.1) is 0 Å². The molecule has 7 aromatic carbocycles. The van der Waals surface area contributed by atoms with Crippen molar-refractivity contribution in [1.29, 1.82) is 0 Å². The molecule has 1 aliphatic heterocycles. The summed E-state index contributed by atoms with van der Waals surface area (Å²) in [7, 11) is 0. The fourth-order valence-electron chi connectivity index (χ4n) is 9.21. The lowest BCUT2D eigenvalue weighted by molar-refractivity contribution is 0.631. The number of hydrogen-bond donors (Lipinski definition) is 0. The van der Waals surface area contributed by atoms with Crippen molar-refractivity contribution < 1.29 is 0 Å². The van der Waals surface area contributed by atoms with Crippen LogP contribution in [0.5, 0.6) is 0 Å². The molecule has 0 spiro atoms. The van der Waals surface area contributed by atoms with Crippen molar-refractivity contribution in [2.75, 3.05) is 4.90 Å². The molecule has 2 aliphatic rings. The molecule has 4 heterocycles. The van der Waals surface area contributed by atoms with Gasteiger partial charge in [-0.1, -0.05) is 147 Å². The summed E-state index contributed by atoms with van der Waals surface area (Å²) >= 11 is 0. The summed E-state index contributed by atoms with van der Waals surface area (Å²) in [6, 6.07) is 60.2. The van der Waals surface area contributed by atoms with Crippen molar-refractivity contribution in [2.45, 2.75) is 19.3 Å². The Morgan fingerprint density at radius 3 is 1.42 bits per heavy atom. The maximum atomic E-state index is 5.46. The van der Waals surface area contributed by atoms with Crippen molar-refractivity contribution in [3.63, 3.8) is 0 Å². The van der Waals surface area contributed by atoms with Crippen LogP contribution in [0.4, 0.5) is 17.3 Å². The number of para-hydroxylation sites is 2. The average molecular weight is 731 g/mol. The number of nitrogens with zero attached hydrogens (tertiary/aromatic N) is 6. The molecule has 0 N–H and O–H groups in total. The molecule has 0 saturated heterocycles. The number of benzene rings is 7. The summed E-state index contributed by atoms with van der Waals surface area (Å²) in [4.78, 5) is 23.8. The molecule has 57 heavy (non-hydrogen) atoms. The van der Waals surface area contributed by atoms with Crippen molar-refractivity contribution in [3.8, 4) is 50.7 Å². The minimum Gasteiger partial charge on any atom is -0.278 e. The number of aromatic nitrogens is 5. The molecule has 10 aromatic rings. The van der Waals surface area contributed by atoms with Crippen LogP contribution in [0.3, 0.4) is 0 Å². The molecular weight excluding hydrogens is 697 g/mol. The third kappa shape index (κ3) is 4.58. The van der Waals surface area contributed by atoms with Gasteiger partial charge in [-0.2, -0.15) is 9.97 Å². The van der Waals surface area contributed by atoms with Gasteiger partial charge >= 0.3 is 0 Å². The maximum absolute atomic E-state index is 5.46. The first-order chi connectivity index (χ1) is 28.0. The van der Waals surface area contributed by atoms with E-state index in [1.165, 1.54) is 33.4 Å². The maximum Gasteiger partial charge on any atom is 0.237 e. The van der Waals surface area contributed by atoms with E-state index >= 15 is 0 Å². The Morgan fingerprint density at radius 2 is 0.877 bits per heavy atom. The van der Waals surface area contributed by atoms with E-state index in [9.17, 15) is 0 Å². The summed E-state index contributed by atoms with van der Waals surface area (Å²) in [5.74, 6) is 1.16. The molecule has 0 atom stereocenters. The zero-order chi connectivity index (χ0) is 37.8. The Bertz CT molecular complexity index is 3130. The largest absolute Gasteiger partial charge is 0.278 e. The second-order valence-electron chi connectivity index (χ2n) is 15.5. The van der Waals surface area contributed by atoms with E-state index in [4.69, 9.17) is 19.9 Å². The van der Waals surface area contributed by atoms with Crippen molar-refractivity contribution in [3.05, 3.63) is 181 Å². The molecule has 0 saturated carbocycles. The van der Waals surface area contributed by atoms with E-state index in [1.807, 2.05) is 0 Å².